The molecule has 0 aliphatic heterocycles. The summed E-state index contributed by atoms with van der Waals surface area (Å²) in [5.74, 6) is 0. The van der Waals surface area contributed by atoms with Gasteiger partial charge >= 0.3 is 0 Å². The number of rotatable bonds is 11. The summed E-state index contributed by atoms with van der Waals surface area (Å²) in [6, 6.07) is 0. The summed E-state index contributed by atoms with van der Waals surface area (Å²) < 4.78 is 0. The molecular formula is C16H34O2. The Morgan fingerprint density at radius 3 is 1.11 bits per heavy atom. The molecule has 0 bridgehead atoms. The summed E-state index contributed by atoms with van der Waals surface area (Å²) in [4.78, 5) is 0. The molecule has 0 saturated carbocycles. The number of aliphatic hydroxyl groups excluding tert-OH is 2. The van der Waals surface area contributed by atoms with E-state index in [1.54, 1.807) is 0 Å². The third-order valence-corrected chi connectivity index (χ3v) is 3.81. The lowest BCUT2D eigenvalue weighted by Gasteiger charge is -2.21. The lowest BCUT2D eigenvalue weighted by molar-refractivity contribution is 0.145. The van der Waals surface area contributed by atoms with Crippen LogP contribution in [-0.2, 0) is 0 Å². The fourth-order valence-corrected chi connectivity index (χ4v) is 2.07. The van der Waals surface area contributed by atoms with Gasteiger partial charge in [0.05, 0.1) is 0 Å². The highest BCUT2D eigenvalue weighted by Gasteiger charge is 2.16. The Kier molecular flexibility index (Phi) is 8.89. The molecule has 0 aromatic rings. The maximum atomic E-state index is 9.15. The molecule has 0 unspecified atom stereocenters. The maximum Gasteiger partial charge on any atom is 0.0482 e. The summed E-state index contributed by atoms with van der Waals surface area (Å²) in [6.45, 7) is 9.11. The predicted molar refractivity (Wildman–Crippen MR) is 78.7 cm³/mol. The molecule has 0 aromatic carbocycles. The third kappa shape index (κ3) is 9.90. The van der Waals surface area contributed by atoms with Gasteiger partial charge in [0.2, 0.25) is 0 Å². The second-order valence-electron chi connectivity index (χ2n) is 7.27. The van der Waals surface area contributed by atoms with Crippen LogP contribution in [-0.4, -0.2) is 23.4 Å². The van der Waals surface area contributed by atoms with E-state index in [0.29, 0.717) is 13.2 Å². The van der Waals surface area contributed by atoms with Crippen LogP contribution in [0.4, 0.5) is 0 Å². The Balaban J connectivity index is 3.32. The van der Waals surface area contributed by atoms with Crippen LogP contribution in [0.25, 0.3) is 0 Å². The number of hydrogen-bond donors (Lipinski definition) is 2. The average molecular weight is 258 g/mol. The van der Waals surface area contributed by atoms with E-state index in [1.807, 2.05) is 0 Å². The van der Waals surface area contributed by atoms with Crippen molar-refractivity contribution in [2.24, 2.45) is 10.8 Å². The van der Waals surface area contributed by atoms with Gasteiger partial charge in [0.25, 0.3) is 0 Å². The average Bonchev–Trinajstić information content (AvgIpc) is 2.32. The molecule has 2 N–H and O–H groups in total. The minimum Gasteiger partial charge on any atom is -0.396 e. The summed E-state index contributed by atoms with van der Waals surface area (Å²) in [5, 5.41) is 18.3. The van der Waals surface area contributed by atoms with Crippen molar-refractivity contribution < 1.29 is 10.2 Å². The molecule has 0 spiro atoms. The van der Waals surface area contributed by atoms with Gasteiger partial charge in [0.15, 0.2) is 0 Å². The second kappa shape index (κ2) is 8.92. The first-order valence-electron chi connectivity index (χ1n) is 7.55. The molecule has 0 fully saturated rings. The highest BCUT2D eigenvalue weighted by atomic mass is 16.3. The van der Waals surface area contributed by atoms with Gasteiger partial charge in [-0.2, -0.15) is 0 Å². The van der Waals surface area contributed by atoms with E-state index in [4.69, 9.17) is 10.2 Å². The van der Waals surface area contributed by atoms with Crippen molar-refractivity contribution in [2.75, 3.05) is 13.2 Å². The Morgan fingerprint density at radius 1 is 0.556 bits per heavy atom. The van der Waals surface area contributed by atoms with Crippen molar-refractivity contribution in [1.82, 2.24) is 0 Å². The molecule has 0 rings (SSSR count). The van der Waals surface area contributed by atoms with Crippen molar-refractivity contribution in [3.63, 3.8) is 0 Å². The van der Waals surface area contributed by atoms with E-state index in [0.717, 1.165) is 12.8 Å². The summed E-state index contributed by atoms with van der Waals surface area (Å²) in [6.07, 6.45) is 9.90. The lowest BCUT2D eigenvalue weighted by atomic mass is 9.87. The topological polar surface area (TPSA) is 40.5 Å². The van der Waals surface area contributed by atoms with E-state index in [2.05, 4.69) is 27.7 Å². The molecule has 110 valence electrons. The van der Waals surface area contributed by atoms with Gasteiger partial charge in [0, 0.05) is 13.2 Å². The lowest BCUT2D eigenvalue weighted by Crippen LogP contribution is -2.16. The van der Waals surface area contributed by atoms with E-state index in [1.165, 1.54) is 38.5 Å². The SMILES string of the molecule is CC(C)(CO)CCCCCCCCC(C)(C)CO. The standard InChI is InChI=1S/C16H34O2/c1-15(2,13-17)11-9-7-5-6-8-10-12-16(3,4)14-18/h17-18H,5-14H2,1-4H3. The van der Waals surface area contributed by atoms with Crippen molar-refractivity contribution in [3.8, 4) is 0 Å². The maximum absolute atomic E-state index is 9.15. The summed E-state index contributed by atoms with van der Waals surface area (Å²) >= 11 is 0. The Labute approximate surface area is 114 Å². The van der Waals surface area contributed by atoms with E-state index in [9.17, 15) is 0 Å². The molecule has 0 saturated heterocycles. The Hall–Kier alpha value is -0.0800. The monoisotopic (exact) mass is 258 g/mol. The van der Waals surface area contributed by atoms with E-state index >= 15 is 0 Å². The van der Waals surface area contributed by atoms with Crippen LogP contribution in [0.15, 0.2) is 0 Å². The van der Waals surface area contributed by atoms with E-state index in [-0.39, 0.29) is 10.8 Å². The van der Waals surface area contributed by atoms with Crippen LogP contribution >= 0.6 is 0 Å². The van der Waals surface area contributed by atoms with Gasteiger partial charge in [0.1, 0.15) is 0 Å². The van der Waals surface area contributed by atoms with Crippen molar-refractivity contribution >= 4 is 0 Å². The quantitative estimate of drug-likeness (QED) is 0.547. The predicted octanol–water partition coefficient (Wildman–Crippen LogP) is 4.14. The number of unbranched alkanes of at least 4 members (excludes halogenated alkanes) is 5. The van der Waals surface area contributed by atoms with Crippen molar-refractivity contribution in [2.45, 2.75) is 79.1 Å². The largest absolute Gasteiger partial charge is 0.396 e. The fourth-order valence-electron chi connectivity index (χ4n) is 2.07. The molecule has 0 aromatic heterocycles. The smallest absolute Gasteiger partial charge is 0.0482 e. The molecule has 0 atom stereocenters. The van der Waals surface area contributed by atoms with Gasteiger partial charge in [-0.15, -0.1) is 0 Å². The first-order chi connectivity index (χ1) is 8.33. The minimum absolute atomic E-state index is 0.102. The van der Waals surface area contributed by atoms with Crippen LogP contribution in [0.1, 0.15) is 79.1 Å². The highest BCUT2D eigenvalue weighted by Crippen LogP contribution is 2.24. The fraction of sp³-hybridized carbons (Fsp3) is 1.00. The molecule has 0 heterocycles. The Morgan fingerprint density at radius 2 is 0.833 bits per heavy atom. The van der Waals surface area contributed by atoms with Crippen LogP contribution in [0, 0.1) is 10.8 Å². The molecule has 0 aliphatic rings. The van der Waals surface area contributed by atoms with Gasteiger partial charge < -0.3 is 10.2 Å². The molecule has 18 heavy (non-hydrogen) atoms. The zero-order valence-corrected chi connectivity index (χ0v) is 13.0. The summed E-state index contributed by atoms with van der Waals surface area (Å²) in [7, 11) is 0. The minimum atomic E-state index is 0.102. The van der Waals surface area contributed by atoms with Crippen molar-refractivity contribution in [1.29, 1.82) is 0 Å². The first-order valence-corrected chi connectivity index (χ1v) is 7.55. The highest BCUT2D eigenvalue weighted by molar-refractivity contribution is 4.67. The molecule has 2 nitrogen and oxygen atoms in total. The summed E-state index contributed by atoms with van der Waals surface area (Å²) in [5.41, 5.74) is 0.205. The molecule has 0 amide bonds. The van der Waals surface area contributed by atoms with Crippen LogP contribution in [0.2, 0.25) is 0 Å². The van der Waals surface area contributed by atoms with E-state index < -0.39 is 0 Å². The molecule has 0 radical (unpaired) electrons. The van der Waals surface area contributed by atoms with Crippen LogP contribution in [0.5, 0.6) is 0 Å². The normalized spacial score (nSPS) is 13.0. The first kappa shape index (κ1) is 17.9. The van der Waals surface area contributed by atoms with Gasteiger partial charge in [-0.25, -0.2) is 0 Å². The number of hydrogen-bond acceptors (Lipinski definition) is 2. The Bertz CT molecular complexity index is 175. The van der Waals surface area contributed by atoms with Gasteiger partial charge in [-0.3, -0.25) is 0 Å². The molecule has 0 aliphatic carbocycles. The second-order valence-corrected chi connectivity index (χ2v) is 7.27. The zero-order chi connectivity index (χ0) is 14.1. The van der Waals surface area contributed by atoms with Crippen LogP contribution < -0.4 is 0 Å². The third-order valence-electron chi connectivity index (χ3n) is 3.81. The van der Waals surface area contributed by atoms with Gasteiger partial charge in [-0.1, -0.05) is 66.2 Å². The van der Waals surface area contributed by atoms with Crippen molar-refractivity contribution in [3.05, 3.63) is 0 Å². The molecule has 2 heteroatoms. The number of aliphatic hydroxyl groups is 2. The zero-order valence-electron chi connectivity index (χ0n) is 13.0. The molecular weight excluding hydrogens is 224 g/mol. The van der Waals surface area contributed by atoms with Crippen LogP contribution in [0.3, 0.4) is 0 Å². The van der Waals surface area contributed by atoms with Gasteiger partial charge in [-0.05, 0) is 23.7 Å².